The molecule has 92 valence electrons. The molecule has 0 bridgehead atoms. The highest BCUT2D eigenvalue weighted by Crippen LogP contribution is 2.13. The van der Waals surface area contributed by atoms with Crippen molar-refractivity contribution in [1.82, 2.24) is 0 Å². The summed E-state index contributed by atoms with van der Waals surface area (Å²) in [5, 5.41) is 0. The van der Waals surface area contributed by atoms with E-state index < -0.39 is 11.8 Å². The maximum absolute atomic E-state index is 13.4. The van der Waals surface area contributed by atoms with Crippen LogP contribution < -0.4 is 0 Å². The number of ether oxygens (including phenoxy) is 1. The van der Waals surface area contributed by atoms with E-state index in [1.165, 1.54) is 12.1 Å². The molecule has 0 saturated heterocycles. The zero-order valence-electron chi connectivity index (χ0n) is 9.58. The van der Waals surface area contributed by atoms with Gasteiger partial charge < -0.3 is 4.74 Å². The molecule has 0 heterocycles. The Kier molecular flexibility index (Phi) is 5.70. The molecule has 0 aromatic heterocycles. The summed E-state index contributed by atoms with van der Waals surface area (Å²) in [5.74, 6) is -0.682. The van der Waals surface area contributed by atoms with Gasteiger partial charge in [0.2, 0.25) is 0 Å². The van der Waals surface area contributed by atoms with Crippen LogP contribution in [-0.4, -0.2) is 18.5 Å². The van der Waals surface area contributed by atoms with Crippen molar-refractivity contribution in [3.8, 4) is 0 Å². The van der Waals surface area contributed by atoms with Crippen molar-refractivity contribution in [2.45, 2.75) is 13.3 Å². The van der Waals surface area contributed by atoms with Crippen LogP contribution in [0.3, 0.4) is 0 Å². The van der Waals surface area contributed by atoms with Crippen molar-refractivity contribution in [1.29, 1.82) is 0 Å². The second-order valence-electron chi connectivity index (χ2n) is 3.34. The summed E-state index contributed by atoms with van der Waals surface area (Å²) >= 11 is 5.53. The van der Waals surface area contributed by atoms with Gasteiger partial charge in [0.15, 0.2) is 0 Å². The van der Waals surface area contributed by atoms with Gasteiger partial charge in [-0.25, -0.2) is 9.18 Å². The van der Waals surface area contributed by atoms with Gasteiger partial charge in [-0.15, -0.1) is 11.6 Å². The number of hydrogen-bond donors (Lipinski definition) is 0. The van der Waals surface area contributed by atoms with Crippen LogP contribution >= 0.6 is 11.6 Å². The molecule has 0 unspecified atom stereocenters. The minimum absolute atomic E-state index is 0.0418. The van der Waals surface area contributed by atoms with E-state index in [0.29, 0.717) is 5.88 Å². The molecule has 2 nitrogen and oxygen atoms in total. The van der Waals surface area contributed by atoms with Crippen LogP contribution in [0.4, 0.5) is 4.39 Å². The molecular weight excluding hydrogens is 243 g/mol. The average molecular weight is 257 g/mol. The molecule has 0 aliphatic heterocycles. The van der Waals surface area contributed by atoms with Gasteiger partial charge in [0.05, 0.1) is 12.2 Å². The third-order valence-corrected chi connectivity index (χ3v) is 2.29. The first-order valence-corrected chi connectivity index (χ1v) is 5.91. The molecule has 0 radical (unpaired) electrons. The molecule has 1 aromatic carbocycles. The largest absolute Gasteiger partial charge is 0.462 e. The van der Waals surface area contributed by atoms with Crippen molar-refractivity contribution in [3.63, 3.8) is 0 Å². The standard InChI is InChI=1S/C13H14ClFO2/c1-2-17-13(16)11-9-10(5-3-4-8-14)6-7-12(11)15/h3,5-7,9H,2,4,8H2,1H3. The lowest BCUT2D eigenvalue weighted by Crippen LogP contribution is -2.07. The Morgan fingerprint density at radius 2 is 2.29 bits per heavy atom. The highest BCUT2D eigenvalue weighted by molar-refractivity contribution is 6.17. The first kappa shape index (κ1) is 13.7. The molecule has 1 rings (SSSR count). The Labute approximate surface area is 105 Å². The number of halogens is 2. The SMILES string of the molecule is CCOC(=O)c1cc(C=CCCCl)ccc1F. The van der Waals surface area contributed by atoms with Gasteiger partial charge in [-0.05, 0) is 31.0 Å². The number of allylic oxidation sites excluding steroid dienone is 1. The molecule has 17 heavy (non-hydrogen) atoms. The molecule has 0 aliphatic carbocycles. The van der Waals surface area contributed by atoms with Gasteiger partial charge in [0.1, 0.15) is 5.82 Å². The predicted molar refractivity (Wildman–Crippen MR) is 66.7 cm³/mol. The monoisotopic (exact) mass is 256 g/mol. The van der Waals surface area contributed by atoms with E-state index in [-0.39, 0.29) is 12.2 Å². The molecule has 0 fully saturated rings. The third kappa shape index (κ3) is 4.19. The van der Waals surface area contributed by atoms with Crippen LogP contribution in [-0.2, 0) is 4.74 Å². The first-order valence-electron chi connectivity index (χ1n) is 5.38. The lowest BCUT2D eigenvalue weighted by Gasteiger charge is -2.04. The first-order chi connectivity index (χ1) is 8.19. The fourth-order valence-electron chi connectivity index (χ4n) is 1.29. The molecular formula is C13H14ClFO2. The van der Waals surface area contributed by atoms with Crippen molar-refractivity contribution >= 4 is 23.6 Å². The van der Waals surface area contributed by atoms with Crippen molar-refractivity contribution in [2.24, 2.45) is 0 Å². The quantitative estimate of drug-likeness (QED) is 0.594. The number of hydrogen-bond acceptors (Lipinski definition) is 2. The number of rotatable bonds is 5. The molecule has 4 heteroatoms. The summed E-state index contributed by atoms with van der Waals surface area (Å²) in [6, 6.07) is 4.33. The minimum Gasteiger partial charge on any atom is -0.462 e. The maximum Gasteiger partial charge on any atom is 0.341 e. The molecule has 0 N–H and O–H groups in total. The van der Waals surface area contributed by atoms with Gasteiger partial charge in [0, 0.05) is 5.88 Å². The second kappa shape index (κ2) is 7.07. The van der Waals surface area contributed by atoms with E-state index in [0.717, 1.165) is 12.0 Å². The molecule has 0 atom stereocenters. The normalized spacial score (nSPS) is 10.8. The minimum atomic E-state index is -0.641. The second-order valence-corrected chi connectivity index (χ2v) is 3.72. The molecule has 0 aliphatic rings. The summed E-state index contributed by atoms with van der Waals surface area (Å²) in [6.45, 7) is 1.91. The highest BCUT2D eigenvalue weighted by Gasteiger charge is 2.12. The van der Waals surface area contributed by atoms with E-state index in [1.54, 1.807) is 19.1 Å². The number of carbonyl (C=O) groups is 1. The van der Waals surface area contributed by atoms with Crippen molar-refractivity contribution in [3.05, 3.63) is 41.2 Å². The Bertz CT molecular complexity index is 416. The lowest BCUT2D eigenvalue weighted by atomic mass is 10.1. The summed E-state index contributed by atoms with van der Waals surface area (Å²) in [7, 11) is 0. The fraction of sp³-hybridized carbons (Fsp3) is 0.308. The number of carbonyl (C=O) groups excluding carboxylic acids is 1. The molecule has 1 aromatic rings. The maximum atomic E-state index is 13.4. The average Bonchev–Trinajstić information content (AvgIpc) is 2.32. The molecule has 0 spiro atoms. The molecule has 0 amide bonds. The fourth-order valence-corrected chi connectivity index (χ4v) is 1.42. The van der Waals surface area contributed by atoms with Crippen molar-refractivity contribution < 1.29 is 13.9 Å². The van der Waals surface area contributed by atoms with Crippen LogP contribution in [0.5, 0.6) is 0 Å². The number of alkyl halides is 1. The van der Waals surface area contributed by atoms with Crippen molar-refractivity contribution in [2.75, 3.05) is 12.5 Å². The van der Waals surface area contributed by atoms with E-state index in [4.69, 9.17) is 16.3 Å². The Morgan fingerprint density at radius 1 is 1.53 bits per heavy atom. The zero-order valence-corrected chi connectivity index (χ0v) is 10.3. The number of esters is 1. The zero-order chi connectivity index (χ0) is 12.7. The summed E-state index contributed by atoms with van der Waals surface area (Å²) in [5.41, 5.74) is 0.708. The van der Waals surface area contributed by atoms with Gasteiger partial charge in [-0.2, -0.15) is 0 Å². The summed E-state index contributed by atoms with van der Waals surface area (Å²) in [6.07, 6.45) is 4.40. The van der Waals surface area contributed by atoms with Crippen LogP contribution in [0, 0.1) is 5.82 Å². The van der Waals surface area contributed by atoms with E-state index >= 15 is 0 Å². The van der Waals surface area contributed by atoms with Crippen LogP contribution in [0.15, 0.2) is 24.3 Å². The molecule has 0 saturated carbocycles. The van der Waals surface area contributed by atoms with Crippen LogP contribution in [0.25, 0.3) is 6.08 Å². The smallest absolute Gasteiger partial charge is 0.341 e. The van der Waals surface area contributed by atoms with E-state index in [1.807, 2.05) is 6.08 Å². The third-order valence-electron chi connectivity index (χ3n) is 2.07. The van der Waals surface area contributed by atoms with Gasteiger partial charge >= 0.3 is 5.97 Å². The number of benzene rings is 1. The van der Waals surface area contributed by atoms with Crippen LogP contribution in [0.1, 0.15) is 29.3 Å². The van der Waals surface area contributed by atoms with E-state index in [2.05, 4.69) is 0 Å². The Hall–Kier alpha value is -1.35. The summed E-state index contributed by atoms with van der Waals surface area (Å²) in [4.78, 5) is 11.4. The van der Waals surface area contributed by atoms with E-state index in [9.17, 15) is 9.18 Å². The topological polar surface area (TPSA) is 26.3 Å². The van der Waals surface area contributed by atoms with Gasteiger partial charge in [-0.1, -0.05) is 18.2 Å². The summed E-state index contributed by atoms with van der Waals surface area (Å²) < 4.78 is 18.2. The Morgan fingerprint density at radius 3 is 2.94 bits per heavy atom. The lowest BCUT2D eigenvalue weighted by molar-refractivity contribution is 0.0521. The van der Waals surface area contributed by atoms with Crippen LogP contribution in [0.2, 0.25) is 0 Å². The predicted octanol–water partition coefficient (Wildman–Crippen LogP) is 3.64. The highest BCUT2D eigenvalue weighted by atomic mass is 35.5. The Balaban J connectivity index is 2.90. The van der Waals surface area contributed by atoms with Gasteiger partial charge in [0.25, 0.3) is 0 Å². The van der Waals surface area contributed by atoms with Gasteiger partial charge in [-0.3, -0.25) is 0 Å².